The molecular formula is C8H14N2O. The summed E-state index contributed by atoms with van der Waals surface area (Å²) in [5.41, 5.74) is 5.18. The van der Waals surface area contributed by atoms with Crippen LogP contribution in [0.2, 0.25) is 0 Å². The summed E-state index contributed by atoms with van der Waals surface area (Å²) in [5, 5.41) is 8.69. The molecule has 1 aliphatic carbocycles. The molecule has 0 amide bonds. The van der Waals surface area contributed by atoms with Crippen molar-refractivity contribution in [2.75, 3.05) is 7.11 Å². The topological polar surface area (TPSA) is 59.0 Å². The summed E-state index contributed by atoms with van der Waals surface area (Å²) in [5.74, 6) is 0. The van der Waals surface area contributed by atoms with Gasteiger partial charge in [-0.1, -0.05) is 0 Å². The fourth-order valence-corrected chi connectivity index (χ4v) is 1.45. The molecule has 0 aromatic heterocycles. The van der Waals surface area contributed by atoms with Gasteiger partial charge < -0.3 is 10.5 Å². The van der Waals surface area contributed by atoms with E-state index in [1.807, 2.05) is 0 Å². The number of hydrogen-bond donors (Lipinski definition) is 1. The minimum atomic E-state index is -0.574. The second-order valence-corrected chi connectivity index (χ2v) is 3.20. The van der Waals surface area contributed by atoms with Gasteiger partial charge in [0.15, 0.2) is 0 Å². The highest BCUT2D eigenvalue weighted by Crippen LogP contribution is 2.26. The smallest absolute Gasteiger partial charge is 0.104 e. The summed E-state index contributed by atoms with van der Waals surface area (Å²) >= 11 is 0. The molecule has 0 aromatic carbocycles. The molecule has 2 N–H and O–H groups in total. The average Bonchev–Trinajstić information content (AvgIpc) is 2.06. The molecule has 11 heavy (non-hydrogen) atoms. The number of nitrogens with zero attached hydrogens (tertiary/aromatic N) is 1. The number of ether oxygens (including phenoxy) is 1. The third-order valence-corrected chi connectivity index (χ3v) is 2.38. The lowest BCUT2D eigenvalue weighted by Crippen LogP contribution is -2.43. The second-order valence-electron chi connectivity index (χ2n) is 3.20. The van der Waals surface area contributed by atoms with Crippen LogP contribution in [-0.4, -0.2) is 18.8 Å². The monoisotopic (exact) mass is 154 g/mol. The van der Waals surface area contributed by atoms with E-state index in [-0.39, 0.29) is 0 Å². The maximum Gasteiger partial charge on any atom is 0.104 e. The van der Waals surface area contributed by atoms with Gasteiger partial charge in [0.05, 0.1) is 12.2 Å². The van der Waals surface area contributed by atoms with Crippen LogP contribution in [0.3, 0.4) is 0 Å². The second kappa shape index (κ2) is 3.21. The lowest BCUT2D eigenvalue weighted by molar-refractivity contribution is 0.0585. The molecule has 0 aromatic rings. The van der Waals surface area contributed by atoms with E-state index in [4.69, 9.17) is 15.7 Å². The van der Waals surface area contributed by atoms with Crippen molar-refractivity contribution >= 4 is 0 Å². The van der Waals surface area contributed by atoms with Crippen molar-refractivity contribution in [2.45, 2.75) is 37.3 Å². The maximum absolute atomic E-state index is 8.69. The zero-order valence-electron chi connectivity index (χ0n) is 6.84. The molecule has 0 saturated heterocycles. The van der Waals surface area contributed by atoms with Crippen molar-refractivity contribution in [2.24, 2.45) is 5.73 Å². The van der Waals surface area contributed by atoms with Crippen LogP contribution in [0.15, 0.2) is 0 Å². The van der Waals surface area contributed by atoms with Gasteiger partial charge in [0.1, 0.15) is 5.54 Å². The molecule has 1 saturated carbocycles. The fourth-order valence-electron chi connectivity index (χ4n) is 1.45. The SMILES string of the molecule is COC1CCC(N)(C#N)CC1. The molecule has 0 radical (unpaired) electrons. The summed E-state index contributed by atoms with van der Waals surface area (Å²) < 4.78 is 5.16. The van der Waals surface area contributed by atoms with E-state index < -0.39 is 5.54 Å². The molecule has 0 spiro atoms. The molecule has 0 heterocycles. The first-order valence-corrected chi connectivity index (χ1v) is 3.93. The van der Waals surface area contributed by atoms with Gasteiger partial charge in [0.2, 0.25) is 0 Å². The molecule has 3 heteroatoms. The van der Waals surface area contributed by atoms with Crippen molar-refractivity contribution in [1.82, 2.24) is 0 Å². The Balaban J connectivity index is 2.43. The lowest BCUT2D eigenvalue weighted by atomic mass is 9.82. The van der Waals surface area contributed by atoms with Gasteiger partial charge >= 0.3 is 0 Å². The van der Waals surface area contributed by atoms with Gasteiger partial charge in [-0.2, -0.15) is 5.26 Å². The van der Waals surface area contributed by atoms with E-state index >= 15 is 0 Å². The van der Waals surface area contributed by atoms with Crippen molar-refractivity contribution in [3.63, 3.8) is 0 Å². The van der Waals surface area contributed by atoms with Crippen LogP contribution in [0.25, 0.3) is 0 Å². The molecule has 1 aliphatic rings. The maximum atomic E-state index is 8.69. The zero-order chi connectivity index (χ0) is 8.32. The first-order valence-electron chi connectivity index (χ1n) is 3.93. The highest BCUT2D eigenvalue weighted by Gasteiger charge is 2.31. The van der Waals surface area contributed by atoms with Gasteiger partial charge in [-0.05, 0) is 25.7 Å². The van der Waals surface area contributed by atoms with Gasteiger partial charge in [0, 0.05) is 7.11 Å². The summed E-state index contributed by atoms with van der Waals surface area (Å²) in [6.45, 7) is 0. The summed E-state index contributed by atoms with van der Waals surface area (Å²) in [6, 6.07) is 2.15. The van der Waals surface area contributed by atoms with Crippen molar-refractivity contribution in [3.05, 3.63) is 0 Å². The molecule has 0 aliphatic heterocycles. The quantitative estimate of drug-likeness (QED) is 0.607. The Hall–Kier alpha value is -0.590. The fraction of sp³-hybridized carbons (Fsp3) is 0.875. The first-order chi connectivity index (χ1) is 5.20. The third kappa shape index (κ3) is 1.92. The third-order valence-electron chi connectivity index (χ3n) is 2.38. The molecule has 0 unspecified atom stereocenters. The van der Waals surface area contributed by atoms with Crippen molar-refractivity contribution in [1.29, 1.82) is 5.26 Å². The summed E-state index contributed by atoms with van der Waals surface area (Å²) in [6.07, 6.45) is 3.69. The van der Waals surface area contributed by atoms with E-state index in [0.29, 0.717) is 6.10 Å². The standard InChI is InChI=1S/C8H14N2O/c1-11-7-2-4-8(10,6-9)5-3-7/h7H,2-5,10H2,1H3. The zero-order valence-corrected chi connectivity index (χ0v) is 6.84. The van der Waals surface area contributed by atoms with Crippen LogP contribution in [0.4, 0.5) is 0 Å². The Morgan fingerprint density at radius 3 is 2.45 bits per heavy atom. The first kappa shape index (κ1) is 8.51. The normalized spacial score (nSPS) is 38.1. The van der Waals surface area contributed by atoms with Crippen LogP contribution in [0.1, 0.15) is 25.7 Å². The lowest BCUT2D eigenvalue weighted by Gasteiger charge is -2.30. The van der Waals surface area contributed by atoms with Gasteiger partial charge in [0.25, 0.3) is 0 Å². The summed E-state index contributed by atoms with van der Waals surface area (Å²) in [4.78, 5) is 0. The Morgan fingerprint density at radius 2 is 2.09 bits per heavy atom. The molecule has 3 nitrogen and oxygen atoms in total. The van der Waals surface area contributed by atoms with E-state index in [1.54, 1.807) is 7.11 Å². The van der Waals surface area contributed by atoms with Crippen LogP contribution in [-0.2, 0) is 4.74 Å². The van der Waals surface area contributed by atoms with Crippen molar-refractivity contribution < 1.29 is 4.74 Å². The number of hydrogen-bond acceptors (Lipinski definition) is 3. The van der Waals surface area contributed by atoms with Crippen molar-refractivity contribution in [3.8, 4) is 6.07 Å². The Kier molecular flexibility index (Phi) is 2.48. The predicted octanol–water partition coefficient (Wildman–Crippen LogP) is 0.796. The van der Waals surface area contributed by atoms with Crippen LogP contribution in [0, 0.1) is 11.3 Å². The summed E-state index contributed by atoms with van der Waals surface area (Å²) in [7, 11) is 1.71. The Bertz CT molecular complexity index is 165. The molecule has 62 valence electrons. The highest BCUT2D eigenvalue weighted by molar-refractivity contribution is 5.06. The Morgan fingerprint density at radius 1 is 1.55 bits per heavy atom. The minimum Gasteiger partial charge on any atom is -0.381 e. The van der Waals surface area contributed by atoms with Crippen LogP contribution in [0.5, 0.6) is 0 Å². The predicted molar refractivity (Wildman–Crippen MR) is 41.8 cm³/mol. The van der Waals surface area contributed by atoms with Crippen LogP contribution < -0.4 is 5.73 Å². The highest BCUT2D eigenvalue weighted by atomic mass is 16.5. The molecular weight excluding hydrogens is 140 g/mol. The number of methoxy groups -OCH3 is 1. The van der Waals surface area contributed by atoms with E-state index in [0.717, 1.165) is 25.7 Å². The van der Waals surface area contributed by atoms with Gasteiger partial charge in [-0.15, -0.1) is 0 Å². The van der Waals surface area contributed by atoms with E-state index in [9.17, 15) is 0 Å². The Labute approximate surface area is 67.1 Å². The minimum absolute atomic E-state index is 0.319. The van der Waals surface area contributed by atoms with E-state index in [1.165, 1.54) is 0 Å². The van der Waals surface area contributed by atoms with Gasteiger partial charge in [-0.25, -0.2) is 0 Å². The average molecular weight is 154 g/mol. The number of nitrogens with two attached hydrogens (primary N) is 1. The molecule has 1 rings (SSSR count). The van der Waals surface area contributed by atoms with Crippen LogP contribution >= 0.6 is 0 Å². The molecule has 1 fully saturated rings. The number of rotatable bonds is 1. The largest absolute Gasteiger partial charge is 0.381 e. The molecule has 0 bridgehead atoms. The van der Waals surface area contributed by atoms with Gasteiger partial charge in [-0.3, -0.25) is 0 Å². The molecule has 0 atom stereocenters. The number of nitriles is 1. The van der Waals surface area contributed by atoms with E-state index in [2.05, 4.69) is 6.07 Å².